The maximum atomic E-state index is 12.5. The molecule has 1 saturated carbocycles. The van der Waals surface area contributed by atoms with E-state index in [0.717, 1.165) is 0 Å². The summed E-state index contributed by atoms with van der Waals surface area (Å²) < 4.78 is 11.2. The van der Waals surface area contributed by atoms with Gasteiger partial charge in [-0.25, -0.2) is 4.79 Å². The Bertz CT molecular complexity index is 468. The molecular formula is C16H27NO5. The molecule has 1 amide bonds. The van der Waals surface area contributed by atoms with Crippen LogP contribution in [-0.4, -0.2) is 53.0 Å². The largest absolute Gasteiger partial charge is 0.481 e. The molecule has 2 aliphatic rings. The zero-order valence-corrected chi connectivity index (χ0v) is 14.3. The second kappa shape index (κ2) is 5.41. The lowest BCUT2D eigenvalue weighted by atomic mass is 9.97. The van der Waals surface area contributed by atoms with Crippen molar-refractivity contribution in [2.45, 2.75) is 59.3 Å². The molecule has 0 aromatic rings. The van der Waals surface area contributed by atoms with Crippen molar-refractivity contribution in [1.82, 2.24) is 4.90 Å². The minimum absolute atomic E-state index is 0.118. The standard InChI is InChI=1S/C16H27NO5/c1-9-12(10-11(13(18)19)16(10,5)6)17(7-8-21-9)14(20)22-15(2,3)4/h9-12H,7-8H2,1-6H3,(H,18,19)/t9-,10+,11+,12?/m1/s1. The average Bonchev–Trinajstić information content (AvgIpc) is 2.89. The van der Waals surface area contributed by atoms with Gasteiger partial charge in [0.25, 0.3) is 0 Å². The van der Waals surface area contributed by atoms with Crippen LogP contribution >= 0.6 is 0 Å². The molecule has 0 spiro atoms. The average molecular weight is 313 g/mol. The third-order valence-corrected chi connectivity index (χ3v) is 4.73. The van der Waals surface area contributed by atoms with Crippen LogP contribution in [0.15, 0.2) is 0 Å². The Morgan fingerprint density at radius 3 is 2.36 bits per heavy atom. The fourth-order valence-corrected chi connectivity index (χ4v) is 3.64. The normalized spacial score (nSPS) is 34.2. The van der Waals surface area contributed by atoms with Crippen molar-refractivity contribution in [3.8, 4) is 0 Å². The van der Waals surface area contributed by atoms with Crippen LogP contribution in [0.2, 0.25) is 0 Å². The highest BCUT2D eigenvalue weighted by Gasteiger charge is 2.67. The Kier molecular flexibility index (Phi) is 4.19. The van der Waals surface area contributed by atoms with E-state index in [1.165, 1.54) is 0 Å². The number of nitrogens with zero attached hydrogens (tertiary/aromatic N) is 1. The monoisotopic (exact) mass is 313 g/mol. The second-order valence-electron chi connectivity index (χ2n) is 7.90. The maximum Gasteiger partial charge on any atom is 0.410 e. The van der Waals surface area contributed by atoms with E-state index >= 15 is 0 Å². The molecule has 1 N–H and O–H groups in total. The Morgan fingerprint density at radius 1 is 1.32 bits per heavy atom. The van der Waals surface area contributed by atoms with Crippen molar-refractivity contribution >= 4 is 12.1 Å². The van der Waals surface area contributed by atoms with Gasteiger partial charge in [0, 0.05) is 12.5 Å². The van der Waals surface area contributed by atoms with Crippen LogP contribution in [-0.2, 0) is 14.3 Å². The summed E-state index contributed by atoms with van der Waals surface area (Å²) in [6.07, 6.45) is -0.589. The molecule has 1 aliphatic heterocycles. The van der Waals surface area contributed by atoms with Gasteiger partial charge in [0.05, 0.1) is 24.7 Å². The van der Waals surface area contributed by atoms with Crippen LogP contribution in [0.1, 0.15) is 41.5 Å². The summed E-state index contributed by atoms with van der Waals surface area (Å²) in [6, 6.07) is -0.264. The van der Waals surface area contributed by atoms with Crippen molar-refractivity contribution in [3.63, 3.8) is 0 Å². The van der Waals surface area contributed by atoms with Gasteiger partial charge < -0.3 is 14.6 Å². The van der Waals surface area contributed by atoms with E-state index < -0.39 is 17.5 Å². The first kappa shape index (κ1) is 17.1. The first-order valence-corrected chi connectivity index (χ1v) is 7.81. The topological polar surface area (TPSA) is 76.1 Å². The van der Waals surface area contributed by atoms with Gasteiger partial charge in [-0.1, -0.05) is 13.8 Å². The predicted octanol–water partition coefficient (Wildman–Crippen LogP) is 2.37. The van der Waals surface area contributed by atoms with Gasteiger partial charge >= 0.3 is 12.1 Å². The molecule has 6 nitrogen and oxygen atoms in total. The van der Waals surface area contributed by atoms with Crippen LogP contribution < -0.4 is 0 Å². The number of aliphatic carboxylic acids is 1. The van der Waals surface area contributed by atoms with Gasteiger partial charge in [-0.2, -0.15) is 0 Å². The molecule has 0 radical (unpaired) electrons. The number of ether oxygens (including phenoxy) is 2. The summed E-state index contributed by atoms with van der Waals surface area (Å²) in [6.45, 7) is 12.1. The third-order valence-electron chi connectivity index (χ3n) is 4.73. The maximum absolute atomic E-state index is 12.5. The third kappa shape index (κ3) is 3.07. The Morgan fingerprint density at radius 2 is 1.91 bits per heavy atom. The summed E-state index contributed by atoms with van der Waals surface area (Å²) in [5.41, 5.74) is -0.917. The van der Waals surface area contributed by atoms with Crippen LogP contribution in [0, 0.1) is 17.3 Å². The molecule has 1 heterocycles. The highest BCUT2D eigenvalue weighted by atomic mass is 16.6. The summed E-state index contributed by atoms with van der Waals surface area (Å²) in [5.74, 6) is -1.38. The predicted molar refractivity (Wildman–Crippen MR) is 80.5 cm³/mol. The van der Waals surface area contributed by atoms with E-state index in [2.05, 4.69) is 0 Å². The van der Waals surface area contributed by atoms with Gasteiger partial charge in [0.1, 0.15) is 5.60 Å². The summed E-state index contributed by atoms with van der Waals surface area (Å²) in [7, 11) is 0. The zero-order valence-electron chi connectivity index (χ0n) is 14.3. The minimum Gasteiger partial charge on any atom is -0.481 e. The number of rotatable bonds is 2. The number of carboxylic acid groups (broad SMARTS) is 1. The van der Waals surface area contributed by atoms with Crippen LogP contribution in [0.3, 0.4) is 0 Å². The molecule has 126 valence electrons. The minimum atomic E-state index is -0.808. The number of morpholine rings is 1. The van der Waals surface area contributed by atoms with Gasteiger partial charge in [-0.3, -0.25) is 9.69 Å². The molecular weight excluding hydrogens is 286 g/mol. The fraction of sp³-hybridized carbons (Fsp3) is 0.875. The van der Waals surface area contributed by atoms with Crippen LogP contribution in [0.4, 0.5) is 4.79 Å². The first-order chi connectivity index (χ1) is 9.97. The van der Waals surface area contributed by atoms with Crippen LogP contribution in [0.5, 0.6) is 0 Å². The molecule has 1 unspecified atom stereocenters. The fourth-order valence-electron chi connectivity index (χ4n) is 3.64. The summed E-state index contributed by atoms with van der Waals surface area (Å²) in [4.78, 5) is 25.6. The molecule has 22 heavy (non-hydrogen) atoms. The number of carboxylic acids is 1. The van der Waals surface area contributed by atoms with Gasteiger partial charge in [-0.05, 0) is 33.1 Å². The van der Waals surface area contributed by atoms with Crippen molar-refractivity contribution in [3.05, 3.63) is 0 Å². The highest BCUT2D eigenvalue weighted by molar-refractivity contribution is 5.76. The Balaban J connectivity index is 2.22. The molecule has 4 atom stereocenters. The smallest absolute Gasteiger partial charge is 0.410 e. The molecule has 1 aliphatic carbocycles. The molecule has 0 aromatic carbocycles. The molecule has 0 bridgehead atoms. The lowest BCUT2D eigenvalue weighted by Crippen LogP contribution is -2.55. The highest BCUT2D eigenvalue weighted by Crippen LogP contribution is 2.61. The Labute approximate surface area is 131 Å². The van der Waals surface area contributed by atoms with Crippen molar-refractivity contribution in [2.75, 3.05) is 13.2 Å². The number of hydrogen-bond donors (Lipinski definition) is 1. The summed E-state index contributed by atoms with van der Waals surface area (Å²) in [5, 5.41) is 9.41. The SMILES string of the molecule is C[C@H]1OCCN(C(=O)OC(C)(C)C)C1[C@@H]1[C@@H](C(=O)O)C1(C)C. The van der Waals surface area contributed by atoms with Gasteiger partial charge in [0.2, 0.25) is 0 Å². The summed E-state index contributed by atoms with van der Waals surface area (Å²) >= 11 is 0. The van der Waals surface area contributed by atoms with E-state index in [1.807, 2.05) is 41.5 Å². The number of hydrogen-bond acceptors (Lipinski definition) is 4. The first-order valence-electron chi connectivity index (χ1n) is 7.81. The van der Waals surface area contributed by atoms with E-state index in [-0.39, 0.29) is 29.6 Å². The van der Waals surface area contributed by atoms with E-state index in [1.54, 1.807) is 4.90 Å². The molecule has 1 saturated heterocycles. The molecule has 0 aromatic heterocycles. The van der Waals surface area contributed by atoms with Crippen molar-refractivity contribution in [2.24, 2.45) is 17.3 Å². The number of carbonyl (C=O) groups excluding carboxylic acids is 1. The zero-order chi connectivity index (χ0) is 16.9. The molecule has 2 rings (SSSR count). The van der Waals surface area contributed by atoms with Crippen molar-refractivity contribution < 1.29 is 24.2 Å². The van der Waals surface area contributed by atoms with E-state index in [0.29, 0.717) is 13.2 Å². The number of amides is 1. The van der Waals surface area contributed by atoms with Crippen LogP contribution in [0.25, 0.3) is 0 Å². The van der Waals surface area contributed by atoms with Gasteiger partial charge in [-0.15, -0.1) is 0 Å². The van der Waals surface area contributed by atoms with Gasteiger partial charge in [0.15, 0.2) is 0 Å². The second-order valence-corrected chi connectivity index (χ2v) is 7.90. The lowest BCUT2D eigenvalue weighted by molar-refractivity contribution is -0.140. The molecule has 6 heteroatoms. The Hall–Kier alpha value is -1.30. The van der Waals surface area contributed by atoms with E-state index in [4.69, 9.17) is 9.47 Å². The number of carbonyl (C=O) groups is 2. The van der Waals surface area contributed by atoms with E-state index in [9.17, 15) is 14.7 Å². The lowest BCUT2D eigenvalue weighted by Gasteiger charge is -2.41. The quantitative estimate of drug-likeness (QED) is 0.847. The molecule has 2 fully saturated rings. The van der Waals surface area contributed by atoms with Crippen molar-refractivity contribution in [1.29, 1.82) is 0 Å².